The van der Waals surface area contributed by atoms with E-state index in [1.165, 1.54) is 0 Å². The lowest BCUT2D eigenvalue weighted by Crippen LogP contribution is -2.39. The molecule has 3 rings (SSSR count). The van der Waals surface area contributed by atoms with Gasteiger partial charge in [0.05, 0.1) is 12.7 Å². The molecule has 0 aliphatic carbocycles. The van der Waals surface area contributed by atoms with Gasteiger partial charge in [0.2, 0.25) is 5.95 Å². The van der Waals surface area contributed by atoms with Crippen LogP contribution in [0.25, 0.3) is 11.1 Å². The number of hydrogen-bond acceptors (Lipinski definition) is 5. The van der Waals surface area contributed by atoms with E-state index in [9.17, 15) is 10.2 Å². The smallest absolute Gasteiger partial charge is 0.225 e. The van der Waals surface area contributed by atoms with Gasteiger partial charge < -0.3 is 15.1 Å². The van der Waals surface area contributed by atoms with Crippen molar-refractivity contribution in [3.63, 3.8) is 0 Å². The van der Waals surface area contributed by atoms with Gasteiger partial charge in [-0.1, -0.05) is 23.8 Å². The fourth-order valence-electron chi connectivity index (χ4n) is 2.89. The number of aryl methyl sites for hydroxylation is 1. The molecule has 0 spiro atoms. The molecule has 1 aromatic heterocycles. The number of piperidine rings is 1. The number of β-amino-alcohol motifs (C(OH)–C–C–N with tert-alkyl or cyclic N) is 1. The van der Waals surface area contributed by atoms with Crippen LogP contribution < -0.4 is 4.90 Å². The summed E-state index contributed by atoms with van der Waals surface area (Å²) in [5, 5.41) is 19.3. The zero-order valence-electron chi connectivity index (χ0n) is 12.7. The number of aliphatic hydroxyl groups excluding tert-OH is 2. The van der Waals surface area contributed by atoms with E-state index < -0.39 is 0 Å². The summed E-state index contributed by atoms with van der Waals surface area (Å²) < 4.78 is 0. The Kier molecular flexibility index (Phi) is 4.36. The van der Waals surface area contributed by atoms with E-state index in [1.54, 1.807) is 12.4 Å². The Morgan fingerprint density at radius 2 is 2.05 bits per heavy atom. The average Bonchev–Trinajstić information content (AvgIpc) is 2.55. The van der Waals surface area contributed by atoms with Crippen LogP contribution in [0.2, 0.25) is 0 Å². The number of anilines is 1. The first-order chi connectivity index (χ1) is 10.7. The summed E-state index contributed by atoms with van der Waals surface area (Å²) in [4.78, 5) is 10.9. The van der Waals surface area contributed by atoms with Crippen molar-refractivity contribution in [3.05, 3.63) is 41.7 Å². The number of aliphatic hydroxyl groups is 2. The van der Waals surface area contributed by atoms with Gasteiger partial charge in [-0.3, -0.25) is 0 Å². The normalized spacial score (nSPS) is 18.5. The second kappa shape index (κ2) is 6.42. The highest BCUT2D eigenvalue weighted by Gasteiger charge is 2.19. The molecular formula is C17H21N3O2. The van der Waals surface area contributed by atoms with Crippen LogP contribution in [0.5, 0.6) is 0 Å². The largest absolute Gasteiger partial charge is 0.392 e. The van der Waals surface area contributed by atoms with E-state index in [-0.39, 0.29) is 12.7 Å². The number of rotatable bonds is 3. The quantitative estimate of drug-likeness (QED) is 0.906. The van der Waals surface area contributed by atoms with Crippen molar-refractivity contribution >= 4 is 5.95 Å². The molecule has 0 amide bonds. The molecule has 5 heteroatoms. The summed E-state index contributed by atoms with van der Waals surface area (Å²) in [6, 6.07) is 5.98. The van der Waals surface area contributed by atoms with E-state index in [2.05, 4.69) is 9.97 Å². The van der Waals surface area contributed by atoms with Gasteiger partial charge in [-0.2, -0.15) is 0 Å². The van der Waals surface area contributed by atoms with Gasteiger partial charge in [-0.15, -0.1) is 0 Å². The van der Waals surface area contributed by atoms with Crippen molar-refractivity contribution in [1.29, 1.82) is 0 Å². The molecule has 2 heterocycles. The van der Waals surface area contributed by atoms with E-state index in [4.69, 9.17) is 0 Å². The molecular weight excluding hydrogens is 278 g/mol. The lowest BCUT2D eigenvalue weighted by molar-refractivity contribution is 0.153. The maximum atomic E-state index is 9.74. The predicted molar refractivity (Wildman–Crippen MR) is 85.6 cm³/mol. The number of nitrogens with zero attached hydrogens (tertiary/aromatic N) is 3. The Morgan fingerprint density at radius 1 is 1.27 bits per heavy atom. The summed E-state index contributed by atoms with van der Waals surface area (Å²) in [5.41, 5.74) is 3.85. The summed E-state index contributed by atoms with van der Waals surface area (Å²) in [6.45, 7) is 3.47. The second-order valence-corrected chi connectivity index (χ2v) is 5.83. The molecule has 1 aliphatic rings. The second-order valence-electron chi connectivity index (χ2n) is 5.83. The summed E-state index contributed by atoms with van der Waals surface area (Å²) >= 11 is 0. The van der Waals surface area contributed by atoms with Crippen molar-refractivity contribution in [2.24, 2.45) is 0 Å². The monoisotopic (exact) mass is 299 g/mol. The highest BCUT2D eigenvalue weighted by atomic mass is 16.3. The van der Waals surface area contributed by atoms with Crippen molar-refractivity contribution < 1.29 is 10.2 Å². The molecule has 0 bridgehead atoms. The molecule has 1 aromatic carbocycles. The Bertz CT molecular complexity index is 643. The molecule has 2 aromatic rings. The first-order valence-corrected chi connectivity index (χ1v) is 7.63. The van der Waals surface area contributed by atoms with Crippen LogP contribution in [-0.4, -0.2) is 39.4 Å². The van der Waals surface area contributed by atoms with Crippen molar-refractivity contribution in [3.8, 4) is 11.1 Å². The minimum absolute atomic E-state index is 0.00289. The summed E-state index contributed by atoms with van der Waals surface area (Å²) in [5.74, 6) is 0.653. The van der Waals surface area contributed by atoms with E-state index >= 15 is 0 Å². The zero-order valence-corrected chi connectivity index (χ0v) is 12.7. The Labute approximate surface area is 130 Å². The van der Waals surface area contributed by atoms with Crippen molar-refractivity contribution in [1.82, 2.24) is 9.97 Å². The molecule has 1 aliphatic heterocycles. The molecule has 5 nitrogen and oxygen atoms in total. The summed E-state index contributed by atoms with van der Waals surface area (Å²) in [7, 11) is 0. The topological polar surface area (TPSA) is 69.5 Å². The molecule has 1 atom stereocenters. The van der Waals surface area contributed by atoms with Crippen LogP contribution >= 0.6 is 0 Å². The highest BCUT2D eigenvalue weighted by Crippen LogP contribution is 2.25. The van der Waals surface area contributed by atoms with Crippen LogP contribution in [0.4, 0.5) is 5.95 Å². The van der Waals surface area contributed by atoms with Gasteiger partial charge in [0.15, 0.2) is 0 Å². The third-order valence-electron chi connectivity index (χ3n) is 4.06. The Morgan fingerprint density at radius 3 is 2.73 bits per heavy atom. The standard InChI is InChI=1S/C17H21N3O2/c1-12-4-5-16(13(7-12)11-21)14-8-18-17(19-9-14)20-6-2-3-15(22)10-20/h4-5,7-9,15,21-22H,2-3,6,10-11H2,1H3. The average molecular weight is 299 g/mol. The molecule has 116 valence electrons. The fourth-order valence-corrected chi connectivity index (χ4v) is 2.89. The number of hydrogen-bond donors (Lipinski definition) is 2. The van der Waals surface area contributed by atoms with Gasteiger partial charge >= 0.3 is 0 Å². The van der Waals surface area contributed by atoms with Crippen LogP contribution in [0.15, 0.2) is 30.6 Å². The lowest BCUT2D eigenvalue weighted by Gasteiger charge is -2.29. The SMILES string of the molecule is Cc1ccc(-c2cnc(N3CCCC(O)C3)nc2)c(CO)c1. The van der Waals surface area contributed by atoms with Gasteiger partial charge in [-0.25, -0.2) is 9.97 Å². The van der Waals surface area contributed by atoms with E-state index in [0.717, 1.165) is 41.6 Å². The Hall–Kier alpha value is -1.98. The van der Waals surface area contributed by atoms with Crippen LogP contribution in [-0.2, 0) is 6.61 Å². The minimum atomic E-state index is -0.296. The third-order valence-corrected chi connectivity index (χ3v) is 4.06. The molecule has 1 fully saturated rings. The maximum Gasteiger partial charge on any atom is 0.225 e. The van der Waals surface area contributed by atoms with Crippen molar-refractivity contribution in [2.75, 3.05) is 18.0 Å². The Balaban J connectivity index is 1.85. The minimum Gasteiger partial charge on any atom is -0.392 e. The predicted octanol–water partition coefficient (Wildman–Crippen LogP) is 1.91. The van der Waals surface area contributed by atoms with Gasteiger partial charge in [0.25, 0.3) is 0 Å². The molecule has 1 saturated heterocycles. The van der Waals surface area contributed by atoms with Crippen LogP contribution in [0.1, 0.15) is 24.0 Å². The van der Waals surface area contributed by atoms with E-state index in [1.807, 2.05) is 30.0 Å². The highest BCUT2D eigenvalue weighted by molar-refractivity contribution is 5.66. The van der Waals surface area contributed by atoms with Crippen LogP contribution in [0, 0.1) is 6.92 Å². The van der Waals surface area contributed by atoms with E-state index in [0.29, 0.717) is 12.5 Å². The molecule has 0 radical (unpaired) electrons. The van der Waals surface area contributed by atoms with Gasteiger partial charge in [0, 0.05) is 31.0 Å². The number of aromatic nitrogens is 2. The number of benzene rings is 1. The third kappa shape index (κ3) is 3.10. The molecule has 1 unspecified atom stereocenters. The maximum absolute atomic E-state index is 9.74. The molecule has 2 N–H and O–H groups in total. The van der Waals surface area contributed by atoms with Crippen LogP contribution in [0.3, 0.4) is 0 Å². The lowest BCUT2D eigenvalue weighted by atomic mass is 10.0. The van der Waals surface area contributed by atoms with Gasteiger partial charge in [-0.05, 0) is 30.9 Å². The van der Waals surface area contributed by atoms with Crippen molar-refractivity contribution in [2.45, 2.75) is 32.5 Å². The molecule has 22 heavy (non-hydrogen) atoms. The first kappa shape index (κ1) is 14.9. The zero-order chi connectivity index (χ0) is 15.5. The molecule has 0 saturated carbocycles. The fraction of sp³-hybridized carbons (Fsp3) is 0.412. The first-order valence-electron chi connectivity index (χ1n) is 7.63. The van der Waals surface area contributed by atoms with Gasteiger partial charge in [0.1, 0.15) is 0 Å². The summed E-state index contributed by atoms with van der Waals surface area (Å²) in [6.07, 6.45) is 5.08.